The number of rotatable bonds is 6. The molecule has 0 unspecified atom stereocenters. The Balaban J connectivity index is 1.84. The summed E-state index contributed by atoms with van der Waals surface area (Å²) in [6.07, 6.45) is 1.63. The van der Waals surface area contributed by atoms with Crippen LogP contribution in [0, 0.1) is 20.8 Å². The van der Waals surface area contributed by atoms with E-state index in [1.807, 2.05) is 71.0 Å². The molecule has 0 saturated carbocycles. The lowest BCUT2D eigenvalue weighted by atomic mass is 10.0. The number of nitrogens with one attached hydrogen (secondary N) is 1. The first-order valence-electron chi connectivity index (χ1n) is 9.57. The Bertz CT molecular complexity index is 1030. The molecule has 146 valence electrons. The second-order valence-electron chi connectivity index (χ2n) is 7.09. The Morgan fingerprint density at radius 3 is 2.54 bits per heavy atom. The average Bonchev–Trinajstić information content (AvgIpc) is 2.94. The van der Waals surface area contributed by atoms with Gasteiger partial charge in [-0.15, -0.1) is 0 Å². The molecule has 0 radical (unpaired) electrons. The Hall–Kier alpha value is -3.01. The molecule has 1 amide bonds. The highest BCUT2D eigenvalue weighted by Crippen LogP contribution is 2.35. The SMILES string of the molecule is CCOc1cc2oc(C)c(C)c2cc1/C(C)=C/C(=O)NCc1ccc(C)cc1. The number of aryl methyl sites for hydroxylation is 3. The minimum absolute atomic E-state index is 0.124. The van der Waals surface area contributed by atoms with Crippen molar-refractivity contribution in [3.8, 4) is 5.75 Å². The first-order chi connectivity index (χ1) is 13.4. The predicted octanol–water partition coefficient (Wildman–Crippen LogP) is 5.48. The van der Waals surface area contributed by atoms with Crippen LogP contribution in [-0.4, -0.2) is 12.5 Å². The Morgan fingerprint density at radius 1 is 1.14 bits per heavy atom. The maximum absolute atomic E-state index is 12.4. The van der Waals surface area contributed by atoms with Crippen molar-refractivity contribution < 1.29 is 13.9 Å². The van der Waals surface area contributed by atoms with Gasteiger partial charge in [0, 0.05) is 29.6 Å². The van der Waals surface area contributed by atoms with Crippen molar-refractivity contribution in [1.82, 2.24) is 5.32 Å². The lowest BCUT2D eigenvalue weighted by Crippen LogP contribution is -2.20. The van der Waals surface area contributed by atoms with E-state index >= 15 is 0 Å². The minimum atomic E-state index is -0.124. The van der Waals surface area contributed by atoms with E-state index in [-0.39, 0.29) is 5.91 Å². The number of furan rings is 1. The monoisotopic (exact) mass is 377 g/mol. The number of hydrogen-bond acceptors (Lipinski definition) is 3. The molecule has 0 spiro atoms. The zero-order valence-electron chi connectivity index (χ0n) is 17.2. The van der Waals surface area contributed by atoms with Crippen molar-refractivity contribution in [1.29, 1.82) is 0 Å². The van der Waals surface area contributed by atoms with E-state index in [1.165, 1.54) is 5.56 Å². The van der Waals surface area contributed by atoms with E-state index in [4.69, 9.17) is 9.15 Å². The van der Waals surface area contributed by atoms with Gasteiger partial charge in [-0.25, -0.2) is 0 Å². The zero-order valence-corrected chi connectivity index (χ0v) is 17.2. The van der Waals surface area contributed by atoms with E-state index < -0.39 is 0 Å². The fourth-order valence-corrected chi connectivity index (χ4v) is 3.17. The second-order valence-corrected chi connectivity index (χ2v) is 7.09. The van der Waals surface area contributed by atoms with Gasteiger partial charge in [0.15, 0.2) is 0 Å². The number of carbonyl (C=O) groups excluding carboxylic acids is 1. The van der Waals surface area contributed by atoms with Gasteiger partial charge in [-0.2, -0.15) is 0 Å². The Kier molecular flexibility index (Phi) is 5.88. The van der Waals surface area contributed by atoms with E-state index in [0.29, 0.717) is 13.2 Å². The fraction of sp³-hybridized carbons (Fsp3) is 0.292. The third kappa shape index (κ3) is 4.28. The van der Waals surface area contributed by atoms with E-state index in [0.717, 1.165) is 44.7 Å². The molecule has 0 aliphatic carbocycles. The molecule has 3 aromatic rings. The van der Waals surface area contributed by atoms with Crippen LogP contribution in [0.4, 0.5) is 0 Å². The summed E-state index contributed by atoms with van der Waals surface area (Å²) in [5.41, 5.74) is 5.95. The summed E-state index contributed by atoms with van der Waals surface area (Å²) in [7, 11) is 0. The number of benzene rings is 2. The minimum Gasteiger partial charge on any atom is -0.493 e. The molecule has 0 aliphatic rings. The van der Waals surface area contributed by atoms with E-state index in [1.54, 1.807) is 6.08 Å². The van der Waals surface area contributed by atoms with Crippen molar-refractivity contribution in [3.05, 3.63) is 70.5 Å². The lowest BCUT2D eigenvalue weighted by Gasteiger charge is -2.11. The topological polar surface area (TPSA) is 51.5 Å². The van der Waals surface area contributed by atoms with Gasteiger partial charge in [-0.3, -0.25) is 4.79 Å². The van der Waals surface area contributed by atoms with Crippen LogP contribution < -0.4 is 10.1 Å². The molecule has 0 atom stereocenters. The summed E-state index contributed by atoms with van der Waals surface area (Å²) in [4.78, 5) is 12.4. The van der Waals surface area contributed by atoms with Crippen LogP contribution in [0.1, 0.15) is 41.9 Å². The van der Waals surface area contributed by atoms with Gasteiger partial charge in [-0.1, -0.05) is 29.8 Å². The van der Waals surface area contributed by atoms with Crippen LogP contribution in [0.15, 0.2) is 46.9 Å². The number of amides is 1. The van der Waals surface area contributed by atoms with Gasteiger partial charge in [0.25, 0.3) is 0 Å². The number of fused-ring (bicyclic) bond motifs is 1. The van der Waals surface area contributed by atoms with Gasteiger partial charge in [0.2, 0.25) is 5.91 Å². The summed E-state index contributed by atoms with van der Waals surface area (Å²) in [6.45, 7) is 11.0. The second kappa shape index (κ2) is 8.34. The highest BCUT2D eigenvalue weighted by Gasteiger charge is 2.14. The zero-order chi connectivity index (χ0) is 20.3. The first-order valence-corrected chi connectivity index (χ1v) is 9.57. The number of ether oxygens (including phenoxy) is 1. The Labute approximate surface area is 166 Å². The Morgan fingerprint density at radius 2 is 1.86 bits per heavy atom. The molecule has 3 rings (SSSR count). The van der Waals surface area contributed by atoms with Crippen molar-refractivity contribution >= 4 is 22.4 Å². The third-order valence-corrected chi connectivity index (χ3v) is 4.94. The van der Waals surface area contributed by atoms with Crippen molar-refractivity contribution in [2.45, 2.75) is 41.2 Å². The van der Waals surface area contributed by atoms with Crippen LogP contribution >= 0.6 is 0 Å². The molecule has 0 fully saturated rings. The third-order valence-electron chi connectivity index (χ3n) is 4.94. The standard InChI is InChI=1S/C24H27NO3/c1-6-27-22-13-23-21(17(4)18(5)28-23)12-20(22)16(3)11-24(26)25-14-19-9-7-15(2)8-10-19/h7-13H,6,14H2,1-5H3,(H,25,26)/b16-11+. The normalized spacial score (nSPS) is 11.7. The van der Waals surface area contributed by atoms with Gasteiger partial charge in [-0.05, 0) is 57.4 Å². The largest absolute Gasteiger partial charge is 0.493 e. The van der Waals surface area contributed by atoms with Crippen molar-refractivity contribution in [2.75, 3.05) is 6.61 Å². The molecule has 4 heteroatoms. The van der Waals surface area contributed by atoms with Crippen molar-refractivity contribution in [2.24, 2.45) is 0 Å². The fourth-order valence-electron chi connectivity index (χ4n) is 3.17. The number of hydrogen-bond donors (Lipinski definition) is 1. The number of carbonyl (C=O) groups is 1. The van der Waals surface area contributed by atoms with Gasteiger partial charge >= 0.3 is 0 Å². The van der Waals surface area contributed by atoms with Gasteiger partial charge < -0.3 is 14.5 Å². The first kappa shape index (κ1) is 19.7. The lowest BCUT2D eigenvalue weighted by molar-refractivity contribution is -0.116. The average molecular weight is 377 g/mol. The van der Waals surface area contributed by atoms with Crippen LogP contribution in [0.5, 0.6) is 5.75 Å². The molecular weight excluding hydrogens is 350 g/mol. The summed E-state index contributed by atoms with van der Waals surface area (Å²) in [6, 6.07) is 12.1. The highest BCUT2D eigenvalue weighted by molar-refractivity contribution is 5.97. The predicted molar refractivity (Wildman–Crippen MR) is 114 cm³/mol. The summed E-state index contributed by atoms with van der Waals surface area (Å²) in [5.74, 6) is 1.50. The molecule has 1 N–H and O–H groups in total. The molecule has 4 nitrogen and oxygen atoms in total. The highest BCUT2D eigenvalue weighted by atomic mass is 16.5. The summed E-state index contributed by atoms with van der Waals surface area (Å²) >= 11 is 0. The van der Waals surface area contributed by atoms with Crippen LogP contribution in [0.2, 0.25) is 0 Å². The molecule has 2 aromatic carbocycles. The number of allylic oxidation sites excluding steroid dienone is 1. The van der Waals surface area contributed by atoms with E-state index in [2.05, 4.69) is 5.32 Å². The van der Waals surface area contributed by atoms with E-state index in [9.17, 15) is 4.79 Å². The molecular formula is C24H27NO3. The van der Waals surface area contributed by atoms with Crippen molar-refractivity contribution in [3.63, 3.8) is 0 Å². The molecule has 1 aromatic heterocycles. The quantitative estimate of drug-likeness (QED) is 0.579. The molecule has 0 bridgehead atoms. The van der Waals surface area contributed by atoms with Crippen LogP contribution in [0.3, 0.4) is 0 Å². The maximum Gasteiger partial charge on any atom is 0.244 e. The summed E-state index contributed by atoms with van der Waals surface area (Å²) in [5, 5.41) is 3.99. The van der Waals surface area contributed by atoms with Gasteiger partial charge in [0.05, 0.1) is 6.61 Å². The smallest absolute Gasteiger partial charge is 0.244 e. The summed E-state index contributed by atoms with van der Waals surface area (Å²) < 4.78 is 11.6. The molecule has 0 saturated heterocycles. The van der Waals surface area contributed by atoms with Crippen LogP contribution in [0.25, 0.3) is 16.5 Å². The maximum atomic E-state index is 12.4. The molecule has 0 aliphatic heterocycles. The molecule has 1 heterocycles. The molecule has 28 heavy (non-hydrogen) atoms. The van der Waals surface area contributed by atoms with Crippen LogP contribution in [-0.2, 0) is 11.3 Å². The van der Waals surface area contributed by atoms with Gasteiger partial charge in [0.1, 0.15) is 17.1 Å².